The van der Waals surface area contributed by atoms with Crippen molar-refractivity contribution in [2.75, 3.05) is 19.3 Å². The highest BCUT2D eigenvalue weighted by Crippen LogP contribution is 2.08. The molecule has 1 rings (SSSR count). The van der Waals surface area contributed by atoms with Crippen molar-refractivity contribution in [3.05, 3.63) is 35.9 Å². The quantitative estimate of drug-likeness (QED) is 0.851. The first-order chi connectivity index (χ1) is 7.54. The van der Waals surface area contributed by atoms with Gasteiger partial charge in [0.1, 0.15) is 0 Å². The molecule has 0 fully saturated rings. The van der Waals surface area contributed by atoms with Crippen LogP contribution in [0.2, 0.25) is 0 Å². The second-order valence-electron chi connectivity index (χ2n) is 3.72. The summed E-state index contributed by atoms with van der Waals surface area (Å²) in [6, 6.07) is 9.55. The Morgan fingerprint density at radius 3 is 2.29 bits per heavy atom. The maximum absolute atomic E-state index is 11.5. The van der Waals surface area contributed by atoms with Gasteiger partial charge in [0.15, 0.2) is 0 Å². The van der Waals surface area contributed by atoms with Crippen molar-refractivity contribution in [3.8, 4) is 0 Å². The van der Waals surface area contributed by atoms with Crippen LogP contribution in [-0.4, -0.2) is 32.1 Å². The number of sulfonamides is 1. The Morgan fingerprint density at radius 2 is 1.82 bits per heavy atom. The fourth-order valence-corrected chi connectivity index (χ4v) is 2.26. The normalized spacial score (nSPS) is 11.2. The Bertz CT molecular complexity index is 409. The molecule has 98 valence electrons. The number of halogens is 1. The molecule has 0 heterocycles. The molecule has 0 saturated heterocycles. The zero-order valence-corrected chi connectivity index (χ0v) is 11.5. The van der Waals surface area contributed by atoms with Crippen LogP contribution in [0, 0.1) is 0 Å². The zero-order valence-electron chi connectivity index (χ0n) is 9.87. The predicted octanol–water partition coefficient (Wildman–Crippen LogP) is 1.22. The average Bonchev–Trinajstić information content (AvgIpc) is 2.24. The van der Waals surface area contributed by atoms with Crippen LogP contribution in [0.5, 0.6) is 0 Å². The first kappa shape index (κ1) is 16.4. The van der Waals surface area contributed by atoms with Crippen LogP contribution in [-0.2, 0) is 16.6 Å². The largest absolute Gasteiger partial charge is 0.330 e. The van der Waals surface area contributed by atoms with Gasteiger partial charge < -0.3 is 5.73 Å². The van der Waals surface area contributed by atoms with E-state index in [1.807, 2.05) is 30.3 Å². The van der Waals surface area contributed by atoms with Gasteiger partial charge in [-0.05, 0) is 18.5 Å². The summed E-state index contributed by atoms with van der Waals surface area (Å²) in [4.78, 5) is 0. The summed E-state index contributed by atoms with van der Waals surface area (Å²) in [5.74, 6) is 0. The van der Waals surface area contributed by atoms with Gasteiger partial charge >= 0.3 is 0 Å². The highest BCUT2D eigenvalue weighted by molar-refractivity contribution is 7.88. The van der Waals surface area contributed by atoms with Crippen LogP contribution < -0.4 is 5.73 Å². The van der Waals surface area contributed by atoms with E-state index in [1.165, 1.54) is 10.6 Å². The van der Waals surface area contributed by atoms with Gasteiger partial charge in [-0.1, -0.05) is 30.3 Å². The molecule has 17 heavy (non-hydrogen) atoms. The van der Waals surface area contributed by atoms with Gasteiger partial charge in [-0.2, -0.15) is 4.31 Å². The third kappa shape index (κ3) is 6.02. The lowest BCUT2D eigenvalue weighted by atomic mass is 10.2. The van der Waals surface area contributed by atoms with Crippen molar-refractivity contribution >= 4 is 22.4 Å². The van der Waals surface area contributed by atoms with Gasteiger partial charge in [-0.15, -0.1) is 12.4 Å². The molecule has 0 saturated carbocycles. The lowest BCUT2D eigenvalue weighted by Gasteiger charge is -2.19. The molecular weight excluding hydrogens is 260 g/mol. The van der Waals surface area contributed by atoms with E-state index in [0.717, 1.165) is 5.56 Å². The number of rotatable bonds is 6. The summed E-state index contributed by atoms with van der Waals surface area (Å²) in [7, 11) is -3.16. The van der Waals surface area contributed by atoms with E-state index in [0.29, 0.717) is 26.1 Å². The second-order valence-corrected chi connectivity index (χ2v) is 5.71. The zero-order chi connectivity index (χ0) is 12.0. The molecule has 0 aliphatic heterocycles. The number of nitrogens with two attached hydrogens (primary N) is 1. The lowest BCUT2D eigenvalue weighted by molar-refractivity contribution is 0.405. The van der Waals surface area contributed by atoms with E-state index < -0.39 is 10.0 Å². The summed E-state index contributed by atoms with van der Waals surface area (Å²) in [6.45, 7) is 1.39. The fourth-order valence-electron chi connectivity index (χ4n) is 1.42. The molecule has 0 unspecified atom stereocenters. The van der Waals surface area contributed by atoms with Gasteiger partial charge in [0.2, 0.25) is 10.0 Å². The first-order valence-electron chi connectivity index (χ1n) is 5.23. The van der Waals surface area contributed by atoms with E-state index in [2.05, 4.69) is 0 Å². The van der Waals surface area contributed by atoms with Gasteiger partial charge in [-0.3, -0.25) is 0 Å². The van der Waals surface area contributed by atoms with Gasteiger partial charge in [0, 0.05) is 13.1 Å². The van der Waals surface area contributed by atoms with E-state index in [4.69, 9.17) is 5.73 Å². The molecule has 0 aliphatic carbocycles. The van der Waals surface area contributed by atoms with Crippen LogP contribution in [0.1, 0.15) is 12.0 Å². The summed E-state index contributed by atoms with van der Waals surface area (Å²) in [5.41, 5.74) is 6.38. The predicted molar refractivity (Wildman–Crippen MR) is 72.6 cm³/mol. The van der Waals surface area contributed by atoms with E-state index in [-0.39, 0.29) is 12.4 Å². The van der Waals surface area contributed by atoms with Crippen molar-refractivity contribution in [1.29, 1.82) is 0 Å². The summed E-state index contributed by atoms with van der Waals surface area (Å²) >= 11 is 0. The third-order valence-corrected chi connectivity index (χ3v) is 3.53. The molecule has 0 spiro atoms. The smallest absolute Gasteiger partial charge is 0.211 e. The van der Waals surface area contributed by atoms with Crippen molar-refractivity contribution in [2.45, 2.75) is 13.0 Å². The molecule has 0 atom stereocenters. The average molecular weight is 279 g/mol. The number of hydrogen-bond acceptors (Lipinski definition) is 3. The van der Waals surface area contributed by atoms with Gasteiger partial charge in [0.05, 0.1) is 6.26 Å². The van der Waals surface area contributed by atoms with Crippen LogP contribution in [0.25, 0.3) is 0 Å². The Kier molecular flexibility index (Phi) is 7.38. The van der Waals surface area contributed by atoms with Crippen LogP contribution in [0.4, 0.5) is 0 Å². The van der Waals surface area contributed by atoms with Crippen LogP contribution in [0.15, 0.2) is 30.3 Å². The minimum atomic E-state index is -3.16. The summed E-state index contributed by atoms with van der Waals surface area (Å²) in [5, 5.41) is 0. The standard InChI is InChI=1S/C11H18N2O2S.ClH/c1-16(14,15)13(9-5-8-12)10-11-6-3-2-4-7-11;/h2-4,6-7H,5,8-10,12H2,1H3;1H. The lowest BCUT2D eigenvalue weighted by Crippen LogP contribution is -2.31. The van der Waals surface area contributed by atoms with Crippen LogP contribution >= 0.6 is 12.4 Å². The maximum atomic E-state index is 11.5. The molecule has 4 nitrogen and oxygen atoms in total. The topological polar surface area (TPSA) is 63.4 Å². The molecular formula is C11H19ClN2O2S. The molecule has 0 aliphatic rings. The van der Waals surface area contributed by atoms with Gasteiger partial charge in [0.25, 0.3) is 0 Å². The molecule has 6 heteroatoms. The fraction of sp³-hybridized carbons (Fsp3) is 0.455. The Labute approximate surface area is 109 Å². The number of benzene rings is 1. The first-order valence-corrected chi connectivity index (χ1v) is 7.08. The van der Waals surface area contributed by atoms with E-state index in [9.17, 15) is 8.42 Å². The van der Waals surface area contributed by atoms with Gasteiger partial charge in [-0.25, -0.2) is 8.42 Å². The third-order valence-electron chi connectivity index (χ3n) is 2.28. The van der Waals surface area contributed by atoms with Crippen molar-refractivity contribution in [2.24, 2.45) is 5.73 Å². The summed E-state index contributed by atoms with van der Waals surface area (Å²) in [6.07, 6.45) is 1.91. The molecule has 0 bridgehead atoms. The Hall–Kier alpha value is -0.620. The second kappa shape index (κ2) is 7.66. The van der Waals surface area contributed by atoms with E-state index in [1.54, 1.807) is 0 Å². The number of nitrogens with zero attached hydrogens (tertiary/aromatic N) is 1. The molecule has 0 radical (unpaired) electrons. The van der Waals surface area contributed by atoms with Crippen molar-refractivity contribution in [1.82, 2.24) is 4.31 Å². The van der Waals surface area contributed by atoms with Crippen molar-refractivity contribution < 1.29 is 8.42 Å². The summed E-state index contributed by atoms with van der Waals surface area (Å²) < 4.78 is 24.5. The SMILES string of the molecule is CS(=O)(=O)N(CCCN)Cc1ccccc1.Cl. The minimum absolute atomic E-state index is 0. The highest BCUT2D eigenvalue weighted by atomic mass is 35.5. The Morgan fingerprint density at radius 1 is 1.24 bits per heavy atom. The molecule has 1 aromatic carbocycles. The molecule has 1 aromatic rings. The monoisotopic (exact) mass is 278 g/mol. The van der Waals surface area contributed by atoms with Crippen molar-refractivity contribution in [3.63, 3.8) is 0 Å². The molecule has 2 N–H and O–H groups in total. The van der Waals surface area contributed by atoms with E-state index >= 15 is 0 Å². The highest BCUT2D eigenvalue weighted by Gasteiger charge is 2.15. The maximum Gasteiger partial charge on any atom is 0.211 e. The number of hydrogen-bond donors (Lipinski definition) is 1. The Balaban J connectivity index is 0.00000256. The molecule has 0 amide bonds. The minimum Gasteiger partial charge on any atom is -0.330 e. The van der Waals surface area contributed by atoms with Crippen LogP contribution in [0.3, 0.4) is 0 Å². The molecule has 0 aromatic heterocycles.